The summed E-state index contributed by atoms with van der Waals surface area (Å²) in [6.45, 7) is 2.13. The standard InChI is InChI=1S/C11H13N3O2S/c1-2-3-6-9-13-14-11(17-9)12-10(15)8-5-4-7-16-8/h4-5,7H,2-3,6H2,1H3,(H,12,14,15). The molecular weight excluding hydrogens is 238 g/mol. The minimum atomic E-state index is -0.298. The maximum Gasteiger partial charge on any atom is 0.293 e. The quantitative estimate of drug-likeness (QED) is 0.887. The zero-order valence-corrected chi connectivity index (χ0v) is 10.3. The zero-order valence-electron chi connectivity index (χ0n) is 9.47. The van der Waals surface area contributed by atoms with Crippen molar-refractivity contribution in [3.8, 4) is 0 Å². The Morgan fingerprint density at radius 2 is 2.41 bits per heavy atom. The van der Waals surface area contributed by atoms with Crippen LogP contribution >= 0.6 is 11.3 Å². The number of hydrogen-bond acceptors (Lipinski definition) is 5. The topological polar surface area (TPSA) is 68.0 Å². The van der Waals surface area contributed by atoms with Crippen molar-refractivity contribution < 1.29 is 9.21 Å². The second-order valence-corrected chi connectivity index (χ2v) is 4.60. The molecule has 2 heterocycles. The highest BCUT2D eigenvalue weighted by Gasteiger charge is 2.11. The first kappa shape index (κ1) is 11.8. The van der Waals surface area contributed by atoms with Gasteiger partial charge in [-0.05, 0) is 18.6 Å². The van der Waals surface area contributed by atoms with Crippen LogP contribution in [0.1, 0.15) is 35.3 Å². The third-order valence-corrected chi connectivity index (χ3v) is 3.07. The Bertz CT molecular complexity index is 479. The molecular formula is C11H13N3O2S. The van der Waals surface area contributed by atoms with Gasteiger partial charge in [0, 0.05) is 6.42 Å². The first-order chi connectivity index (χ1) is 8.29. The van der Waals surface area contributed by atoms with Gasteiger partial charge in [-0.3, -0.25) is 10.1 Å². The SMILES string of the molecule is CCCCc1nnc(NC(=O)c2ccco2)s1. The molecule has 2 aromatic rings. The lowest BCUT2D eigenvalue weighted by atomic mass is 10.3. The monoisotopic (exact) mass is 251 g/mol. The van der Waals surface area contributed by atoms with Crippen LogP contribution in [-0.2, 0) is 6.42 Å². The third kappa shape index (κ3) is 3.13. The van der Waals surface area contributed by atoms with Crippen molar-refractivity contribution in [2.45, 2.75) is 26.2 Å². The number of unbranched alkanes of at least 4 members (excludes halogenated alkanes) is 1. The second-order valence-electron chi connectivity index (χ2n) is 3.54. The summed E-state index contributed by atoms with van der Waals surface area (Å²) < 4.78 is 4.98. The van der Waals surface area contributed by atoms with Crippen molar-refractivity contribution in [2.24, 2.45) is 0 Å². The molecule has 2 rings (SSSR count). The largest absolute Gasteiger partial charge is 0.459 e. The van der Waals surface area contributed by atoms with Crippen LogP contribution in [-0.4, -0.2) is 16.1 Å². The first-order valence-corrected chi connectivity index (χ1v) is 6.28. The van der Waals surface area contributed by atoms with Crippen LogP contribution in [0.3, 0.4) is 0 Å². The number of aryl methyl sites for hydroxylation is 1. The Morgan fingerprint density at radius 3 is 3.12 bits per heavy atom. The van der Waals surface area contributed by atoms with E-state index in [1.54, 1.807) is 12.1 Å². The molecule has 0 aliphatic carbocycles. The number of nitrogens with zero attached hydrogens (tertiary/aromatic N) is 2. The average Bonchev–Trinajstić information content (AvgIpc) is 2.97. The molecule has 2 aromatic heterocycles. The first-order valence-electron chi connectivity index (χ1n) is 5.47. The molecule has 5 nitrogen and oxygen atoms in total. The Kier molecular flexibility index (Phi) is 3.87. The van der Waals surface area contributed by atoms with Crippen LogP contribution < -0.4 is 5.32 Å². The van der Waals surface area contributed by atoms with Crippen LogP contribution in [0.4, 0.5) is 5.13 Å². The molecule has 0 radical (unpaired) electrons. The van der Waals surface area contributed by atoms with Crippen molar-refractivity contribution in [1.29, 1.82) is 0 Å². The predicted molar refractivity (Wildman–Crippen MR) is 65.2 cm³/mol. The van der Waals surface area contributed by atoms with Crippen molar-refractivity contribution >= 4 is 22.4 Å². The summed E-state index contributed by atoms with van der Waals surface area (Å²) >= 11 is 1.40. The van der Waals surface area contributed by atoms with Gasteiger partial charge in [0.2, 0.25) is 5.13 Å². The molecule has 0 atom stereocenters. The number of aromatic nitrogens is 2. The molecule has 0 saturated carbocycles. The van der Waals surface area contributed by atoms with Gasteiger partial charge in [0.1, 0.15) is 5.01 Å². The Morgan fingerprint density at radius 1 is 1.53 bits per heavy atom. The van der Waals surface area contributed by atoms with Crippen molar-refractivity contribution in [1.82, 2.24) is 10.2 Å². The van der Waals surface area contributed by atoms with Crippen molar-refractivity contribution in [2.75, 3.05) is 5.32 Å². The van der Waals surface area contributed by atoms with Crippen LogP contribution in [0.25, 0.3) is 0 Å². The molecule has 6 heteroatoms. The fourth-order valence-corrected chi connectivity index (χ4v) is 2.08. The summed E-state index contributed by atoms with van der Waals surface area (Å²) in [5.74, 6) is -0.0245. The van der Waals surface area contributed by atoms with Gasteiger partial charge in [0.25, 0.3) is 5.91 Å². The molecule has 0 aliphatic heterocycles. The normalized spacial score (nSPS) is 10.4. The molecule has 0 fully saturated rings. The number of hydrogen-bond donors (Lipinski definition) is 1. The minimum absolute atomic E-state index is 0.273. The fourth-order valence-electron chi connectivity index (χ4n) is 1.30. The van der Waals surface area contributed by atoms with Crippen LogP contribution in [0.5, 0.6) is 0 Å². The van der Waals surface area contributed by atoms with Gasteiger partial charge < -0.3 is 4.42 Å². The molecule has 0 aliphatic rings. The Balaban J connectivity index is 1.95. The summed E-state index contributed by atoms with van der Waals surface area (Å²) in [6, 6.07) is 3.27. The van der Waals surface area contributed by atoms with E-state index in [2.05, 4.69) is 22.4 Å². The maximum atomic E-state index is 11.6. The molecule has 0 saturated heterocycles. The van der Waals surface area contributed by atoms with Crippen LogP contribution in [0.15, 0.2) is 22.8 Å². The molecule has 17 heavy (non-hydrogen) atoms. The van der Waals surface area contributed by atoms with E-state index in [9.17, 15) is 4.79 Å². The van der Waals surface area contributed by atoms with E-state index in [1.165, 1.54) is 17.6 Å². The number of amides is 1. The van der Waals surface area contributed by atoms with Gasteiger partial charge in [0.05, 0.1) is 6.26 Å². The van der Waals surface area contributed by atoms with Crippen molar-refractivity contribution in [3.05, 3.63) is 29.2 Å². The lowest BCUT2D eigenvalue weighted by molar-refractivity contribution is 0.0996. The van der Waals surface area contributed by atoms with E-state index in [1.807, 2.05) is 0 Å². The number of furan rings is 1. The lowest BCUT2D eigenvalue weighted by Crippen LogP contribution is -2.10. The maximum absolute atomic E-state index is 11.6. The van der Waals surface area contributed by atoms with Crippen LogP contribution in [0, 0.1) is 0 Å². The third-order valence-electron chi connectivity index (χ3n) is 2.18. The van der Waals surface area contributed by atoms with E-state index in [0.29, 0.717) is 5.13 Å². The van der Waals surface area contributed by atoms with Crippen molar-refractivity contribution in [3.63, 3.8) is 0 Å². The summed E-state index contributed by atoms with van der Waals surface area (Å²) in [4.78, 5) is 11.6. The zero-order chi connectivity index (χ0) is 12.1. The highest BCUT2D eigenvalue weighted by molar-refractivity contribution is 7.15. The molecule has 1 N–H and O–H groups in total. The highest BCUT2D eigenvalue weighted by Crippen LogP contribution is 2.18. The second kappa shape index (κ2) is 5.58. The van der Waals surface area contributed by atoms with E-state index in [-0.39, 0.29) is 11.7 Å². The van der Waals surface area contributed by atoms with Gasteiger partial charge in [-0.2, -0.15) is 0 Å². The van der Waals surface area contributed by atoms with Gasteiger partial charge in [-0.1, -0.05) is 24.7 Å². The molecule has 0 spiro atoms. The number of carbonyl (C=O) groups excluding carboxylic acids is 1. The van der Waals surface area contributed by atoms with E-state index >= 15 is 0 Å². The van der Waals surface area contributed by atoms with Crippen LogP contribution in [0.2, 0.25) is 0 Å². The number of anilines is 1. The smallest absolute Gasteiger partial charge is 0.293 e. The number of carbonyl (C=O) groups is 1. The number of nitrogens with one attached hydrogen (secondary N) is 1. The molecule has 0 unspecified atom stereocenters. The average molecular weight is 251 g/mol. The Hall–Kier alpha value is -1.69. The molecule has 1 amide bonds. The van der Waals surface area contributed by atoms with E-state index < -0.39 is 0 Å². The summed E-state index contributed by atoms with van der Waals surface area (Å²) in [5, 5.41) is 12.0. The van der Waals surface area contributed by atoms with Gasteiger partial charge in [0.15, 0.2) is 5.76 Å². The lowest BCUT2D eigenvalue weighted by Gasteiger charge is -1.95. The molecule has 0 aromatic carbocycles. The minimum Gasteiger partial charge on any atom is -0.459 e. The summed E-state index contributed by atoms with van der Waals surface area (Å²) in [6.07, 6.45) is 4.57. The highest BCUT2D eigenvalue weighted by atomic mass is 32.1. The van der Waals surface area contributed by atoms with Gasteiger partial charge in [-0.15, -0.1) is 10.2 Å². The summed E-state index contributed by atoms with van der Waals surface area (Å²) in [7, 11) is 0. The molecule has 0 bridgehead atoms. The fraction of sp³-hybridized carbons (Fsp3) is 0.364. The van der Waals surface area contributed by atoms with Gasteiger partial charge >= 0.3 is 0 Å². The number of rotatable bonds is 5. The molecule has 90 valence electrons. The Labute approximate surface area is 103 Å². The predicted octanol–water partition coefficient (Wildman–Crippen LogP) is 2.73. The van der Waals surface area contributed by atoms with E-state index in [0.717, 1.165) is 24.3 Å². The summed E-state index contributed by atoms with van der Waals surface area (Å²) in [5.41, 5.74) is 0. The van der Waals surface area contributed by atoms with Gasteiger partial charge in [-0.25, -0.2) is 0 Å². The van der Waals surface area contributed by atoms with E-state index in [4.69, 9.17) is 4.42 Å².